The lowest BCUT2D eigenvalue weighted by Crippen LogP contribution is -2.11. The van der Waals surface area contributed by atoms with Crippen molar-refractivity contribution in [3.05, 3.63) is 54.1 Å². The zero-order chi connectivity index (χ0) is 14.7. The number of hydrogen-bond donors (Lipinski definition) is 2. The fourth-order valence-corrected chi connectivity index (χ4v) is 2.73. The number of hydrogen-bond acceptors (Lipinski definition) is 4. The zero-order valence-electron chi connectivity index (χ0n) is 11.6. The van der Waals surface area contributed by atoms with Crippen LogP contribution in [0.2, 0.25) is 0 Å². The molecule has 0 unspecified atom stereocenters. The number of H-pyrrole nitrogens is 1. The number of carbonyl (C=O) groups excluding carboxylic acids is 1. The molecule has 0 aliphatic rings. The summed E-state index contributed by atoms with van der Waals surface area (Å²) < 4.78 is 0. The fourth-order valence-electron chi connectivity index (χ4n) is 2.06. The number of aromatic nitrogens is 2. The molecule has 0 amide bonds. The maximum absolute atomic E-state index is 12.0. The summed E-state index contributed by atoms with van der Waals surface area (Å²) in [6.07, 6.45) is 0. The Hall–Kier alpha value is -2.27. The van der Waals surface area contributed by atoms with E-state index in [9.17, 15) is 4.79 Å². The molecule has 0 atom stereocenters. The summed E-state index contributed by atoms with van der Waals surface area (Å²) in [6.45, 7) is 2.28. The first-order chi connectivity index (χ1) is 10.2. The lowest BCUT2D eigenvalue weighted by Gasteiger charge is -2.07. The fraction of sp³-hybridized carbons (Fsp3) is 0.125. The van der Waals surface area contributed by atoms with E-state index < -0.39 is 0 Å². The Morgan fingerprint density at radius 3 is 2.76 bits per heavy atom. The van der Waals surface area contributed by atoms with Crippen LogP contribution in [0.15, 0.2) is 53.7 Å². The standard InChI is InChI=1S/C16H15N3OS/c1-11-6-2-3-7-12(11)17-10-15(20)21-16-18-13-8-4-5-9-14(13)19-16/h2-9,17H,10H2,1H3,(H,18,19). The lowest BCUT2D eigenvalue weighted by molar-refractivity contribution is -0.109. The molecule has 21 heavy (non-hydrogen) atoms. The molecule has 4 nitrogen and oxygen atoms in total. The third-order valence-electron chi connectivity index (χ3n) is 3.15. The SMILES string of the molecule is Cc1ccccc1NCC(=O)Sc1nc2ccccc2[nH]1. The van der Waals surface area contributed by atoms with Gasteiger partial charge in [-0.3, -0.25) is 4.79 Å². The molecule has 0 saturated heterocycles. The average molecular weight is 297 g/mol. The van der Waals surface area contributed by atoms with Crippen LogP contribution < -0.4 is 5.32 Å². The van der Waals surface area contributed by atoms with Crippen LogP contribution in [0.25, 0.3) is 11.0 Å². The first-order valence-corrected chi connectivity index (χ1v) is 7.49. The summed E-state index contributed by atoms with van der Waals surface area (Å²) >= 11 is 1.13. The van der Waals surface area contributed by atoms with Crippen molar-refractivity contribution in [3.8, 4) is 0 Å². The second kappa shape index (κ2) is 6.01. The van der Waals surface area contributed by atoms with Crippen LogP contribution in [0, 0.1) is 6.92 Å². The summed E-state index contributed by atoms with van der Waals surface area (Å²) in [5, 5.41) is 3.81. The van der Waals surface area contributed by atoms with E-state index in [1.165, 1.54) is 0 Å². The van der Waals surface area contributed by atoms with E-state index in [0.717, 1.165) is 34.0 Å². The first kappa shape index (κ1) is 13.7. The van der Waals surface area contributed by atoms with Crippen molar-refractivity contribution in [1.29, 1.82) is 0 Å². The van der Waals surface area contributed by atoms with Gasteiger partial charge in [-0.1, -0.05) is 30.3 Å². The smallest absolute Gasteiger partial charge is 0.215 e. The maximum Gasteiger partial charge on any atom is 0.215 e. The molecule has 0 aliphatic heterocycles. The van der Waals surface area contributed by atoms with Gasteiger partial charge >= 0.3 is 0 Å². The van der Waals surface area contributed by atoms with Gasteiger partial charge in [0.15, 0.2) is 5.16 Å². The van der Waals surface area contributed by atoms with Gasteiger partial charge in [0, 0.05) is 5.69 Å². The van der Waals surface area contributed by atoms with E-state index in [1.807, 2.05) is 55.5 Å². The number of anilines is 1. The van der Waals surface area contributed by atoms with Crippen LogP contribution in [0.4, 0.5) is 5.69 Å². The molecule has 0 saturated carbocycles. The van der Waals surface area contributed by atoms with Gasteiger partial charge in [-0.05, 0) is 42.4 Å². The molecule has 0 fully saturated rings. The molecule has 0 aliphatic carbocycles. The quantitative estimate of drug-likeness (QED) is 0.722. The minimum Gasteiger partial charge on any atom is -0.377 e. The van der Waals surface area contributed by atoms with Crippen LogP contribution in [0.1, 0.15) is 5.56 Å². The normalized spacial score (nSPS) is 10.7. The molecule has 2 aromatic carbocycles. The van der Waals surface area contributed by atoms with Gasteiger partial charge in [0.25, 0.3) is 0 Å². The summed E-state index contributed by atoms with van der Waals surface area (Å²) in [5.74, 6) is 0. The third-order valence-corrected chi connectivity index (χ3v) is 3.91. The number of para-hydroxylation sites is 3. The van der Waals surface area contributed by atoms with Crippen molar-refractivity contribution < 1.29 is 4.79 Å². The molecule has 1 aromatic heterocycles. The Morgan fingerprint density at radius 2 is 1.95 bits per heavy atom. The van der Waals surface area contributed by atoms with Gasteiger partial charge in [-0.2, -0.15) is 0 Å². The number of aryl methyl sites for hydroxylation is 1. The molecule has 3 aromatic rings. The van der Waals surface area contributed by atoms with Crippen LogP contribution in [-0.2, 0) is 4.79 Å². The van der Waals surface area contributed by atoms with E-state index >= 15 is 0 Å². The van der Waals surface area contributed by atoms with E-state index in [0.29, 0.717) is 5.16 Å². The summed E-state index contributed by atoms with van der Waals surface area (Å²) in [4.78, 5) is 19.5. The molecule has 0 bridgehead atoms. The molecule has 2 N–H and O–H groups in total. The van der Waals surface area contributed by atoms with E-state index in [2.05, 4.69) is 15.3 Å². The van der Waals surface area contributed by atoms with Gasteiger partial charge in [0.1, 0.15) is 0 Å². The molecule has 106 valence electrons. The minimum atomic E-state index is 0.0253. The van der Waals surface area contributed by atoms with Crippen LogP contribution >= 0.6 is 11.8 Å². The molecule has 5 heteroatoms. The van der Waals surface area contributed by atoms with Gasteiger partial charge < -0.3 is 10.3 Å². The van der Waals surface area contributed by atoms with Gasteiger partial charge in [-0.15, -0.1) is 0 Å². The molecule has 1 heterocycles. The highest BCUT2D eigenvalue weighted by Gasteiger charge is 2.09. The number of nitrogens with zero attached hydrogens (tertiary/aromatic N) is 1. The number of aromatic amines is 1. The highest BCUT2D eigenvalue weighted by molar-refractivity contribution is 8.13. The number of imidazole rings is 1. The highest BCUT2D eigenvalue weighted by Crippen LogP contribution is 2.20. The molecular formula is C16H15N3OS. The lowest BCUT2D eigenvalue weighted by atomic mass is 10.2. The molecule has 3 rings (SSSR count). The van der Waals surface area contributed by atoms with Crippen LogP contribution in [0.3, 0.4) is 0 Å². The second-order valence-electron chi connectivity index (χ2n) is 4.70. The number of thioether (sulfide) groups is 1. The number of carbonyl (C=O) groups is 1. The largest absolute Gasteiger partial charge is 0.377 e. The van der Waals surface area contributed by atoms with E-state index in [-0.39, 0.29) is 11.7 Å². The van der Waals surface area contributed by atoms with Gasteiger partial charge in [0.05, 0.1) is 17.6 Å². The Bertz CT molecular complexity index is 749. The van der Waals surface area contributed by atoms with Gasteiger partial charge in [-0.25, -0.2) is 4.98 Å². The number of fused-ring (bicyclic) bond motifs is 1. The highest BCUT2D eigenvalue weighted by atomic mass is 32.2. The Labute approximate surface area is 127 Å². The third kappa shape index (κ3) is 3.25. The topological polar surface area (TPSA) is 57.8 Å². The van der Waals surface area contributed by atoms with E-state index in [4.69, 9.17) is 0 Å². The van der Waals surface area contributed by atoms with Gasteiger partial charge in [0.2, 0.25) is 5.12 Å². The Balaban J connectivity index is 1.62. The van der Waals surface area contributed by atoms with E-state index in [1.54, 1.807) is 0 Å². The van der Waals surface area contributed by atoms with Crippen LogP contribution in [0.5, 0.6) is 0 Å². The van der Waals surface area contributed by atoms with Crippen molar-refractivity contribution in [1.82, 2.24) is 9.97 Å². The maximum atomic E-state index is 12.0. The minimum absolute atomic E-state index is 0.0253. The summed E-state index contributed by atoms with van der Waals surface area (Å²) in [5.41, 5.74) is 3.93. The Morgan fingerprint density at radius 1 is 1.19 bits per heavy atom. The number of nitrogens with one attached hydrogen (secondary N) is 2. The monoisotopic (exact) mass is 297 g/mol. The van der Waals surface area contributed by atoms with Crippen molar-refractivity contribution in [2.24, 2.45) is 0 Å². The summed E-state index contributed by atoms with van der Waals surface area (Å²) in [7, 11) is 0. The predicted octanol–water partition coefficient (Wildman–Crippen LogP) is 3.60. The second-order valence-corrected chi connectivity index (χ2v) is 5.75. The molecule has 0 spiro atoms. The summed E-state index contributed by atoms with van der Waals surface area (Å²) in [6, 6.07) is 15.6. The predicted molar refractivity (Wildman–Crippen MR) is 86.6 cm³/mol. The number of benzene rings is 2. The van der Waals surface area contributed by atoms with Crippen molar-refractivity contribution in [3.63, 3.8) is 0 Å². The zero-order valence-corrected chi connectivity index (χ0v) is 12.4. The average Bonchev–Trinajstić information content (AvgIpc) is 2.88. The van der Waals surface area contributed by atoms with Crippen molar-refractivity contribution in [2.45, 2.75) is 12.1 Å². The van der Waals surface area contributed by atoms with Crippen molar-refractivity contribution in [2.75, 3.05) is 11.9 Å². The molecule has 0 radical (unpaired) electrons. The van der Waals surface area contributed by atoms with Crippen LogP contribution in [-0.4, -0.2) is 21.6 Å². The number of rotatable bonds is 4. The first-order valence-electron chi connectivity index (χ1n) is 6.67. The van der Waals surface area contributed by atoms with Crippen molar-refractivity contribution >= 4 is 33.6 Å². The Kier molecular flexibility index (Phi) is 3.92. The molecular weight excluding hydrogens is 282 g/mol.